The predicted octanol–water partition coefficient (Wildman–Crippen LogP) is 3.37. The van der Waals surface area contributed by atoms with Gasteiger partial charge in [0.15, 0.2) is 0 Å². The Morgan fingerprint density at radius 1 is 1.38 bits per heavy atom. The molecule has 0 fully saturated rings. The summed E-state index contributed by atoms with van der Waals surface area (Å²) in [4.78, 5) is -1.54. The second-order valence-corrected chi connectivity index (χ2v) is 12.3. The van der Waals surface area contributed by atoms with Crippen LogP contribution in [-0.2, 0) is 0 Å². The zero-order valence-electron chi connectivity index (χ0n) is 7.90. The van der Waals surface area contributed by atoms with Crippen molar-refractivity contribution >= 4 is 36.5 Å². The number of hydrogen-bond donors (Lipinski definition) is 0. The van der Waals surface area contributed by atoms with Crippen LogP contribution in [0, 0.1) is 0 Å². The summed E-state index contributed by atoms with van der Waals surface area (Å²) >= 11 is 9.76. The molecule has 0 aliphatic rings. The van der Waals surface area contributed by atoms with Crippen LogP contribution >= 0.6 is 16.1 Å². The van der Waals surface area contributed by atoms with Gasteiger partial charge in [-0.2, -0.15) is 0 Å². The van der Waals surface area contributed by atoms with Gasteiger partial charge in [0.2, 0.25) is 0 Å². The number of hydrogen-bond acceptors (Lipinski definition) is 0. The van der Waals surface area contributed by atoms with Crippen molar-refractivity contribution in [2.45, 2.75) is 25.9 Å². The summed E-state index contributed by atoms with van der Waals surface area (Å²) in [7, 11) is 0. The van der Waals surface area contributed by atoms with Crippen LogP contribution in [0.15, 0.2) is 30.3 Å². The van der Waals surface area contributed by atoms with Crippen LogP contribution < -0.4 is 5.30 Å². The van der Waals surface area contributed by atoms with E-state index in [1.165, 1.54) is 5.30 Å². The summed E-state index contributed by atoms with van der Waals surface area (Å²) in [5, 5.41) is 1.27. The van der Waals surface area contributed by atoms with Crippen molar-refractivity contribution in [3.05, 3.63) is 30.3 Å². The zero-order chi connectivity index (χ0) is 9.90. The van der Waals surface area contributed by atoms with E-state index in [0.29, 0.717) is 5.66 Å². The first kappa shape index (κ1) is 11.5. The van der Waals surface area contributed by atoms with Gasteiger partial charge in [0.05, 0.1) is 0 Å². The minimum atomic E-state index is -1.54. The van der Waals surface area contributed by atoms with Gasteiger partial charge < -0.3 is 0 Å². The molecule has 3 heteroatoms. The monoisotopic (exact) mass is 280 g/mol. The number of benzene rings is 1. The van der Waals surface area contributed by atoms with Gasteiger partial charge in [0.25, 0.3) is 0 Å². The second kappa shape index (κ2) is 4.80. The summed E-state index contributed by atoms with van der Waals surface area (Å²) in [6, 6.07) is 10.3. The molecule has 2 unspecified atom stereocenters. The molecule has 1 aromatic carbocycles. The van der Waals surface area contributed by atoms with Crippen LogP contribution in [0.2, 0.25) is 0 Å². The van der Waals surface area contributed by atoms with Gasteiger partial charge in [-0.25, -0.2) is 0 Å². The Kier molecular flexibility index (Phi) is 4.26. The van der Waals surface area contributed by atoms with Crippen LogP contribution in [-0.4, -0.2) is 20.8 Å². The van der Waals surface area contributed by atoms with E-state index in [0.717, 1.165) is 6.42 Å². The first-order chi connectivity index (χ1) is 6.09. The molecule has 0 saturated carbocycles. The van der Waals surface area contributed by atoms with Crippen LogP contribution in [0.3, 0.4) is 0 Å². The van der Waals surface area contributed by atoms with Crippen molar-refractivity contribution in [2.75, 3.05) is 0 Å². The Balaban J connectivity index is 3.01. The number of halogens is 1. The van der Waals surface area contributed by atoms with E-state index in [9.17, 15) is 0 Å². The molecule has 13 heavy (non-hydrogen) atoms. The van der Waals surface area contributed by atoms with Crippen molar-refractivity contribution in [2.24, 2.45) is 0 Å². The number of rotatable bonds is 3. The van der Waals surface area contributed by atoms with Crippen molar-refractivity contribution in [3.8, 4) is 0 Å². The third-order valence-corrected chi connectivity index (χ3v) is 9.94. The molecule has 1 rings (SSSR count). The van der Waals surface area contributed by atoms with Crippen LogP contribution in [0.1, 0.15) is 20.3 Å². The summed E-state index contributed by atoms with van der Waals surface area (Å²) in [5.41, 5.74) is 0.552. The van der Waals surface area contributed by atoms with Gasteiger partial charge in [0, 0.05) is 0 Å². The van der Waals surface area contributed by atoms with E-state index < -0.39 is 4.86 Å². The molecule has 0 saturated heterocycles. The molecule has 0 aliphatic heterocycles. The Bertz CT molecular complexity index is 310. The maximum atomic E-state index is 6.57. The maximum absolute atomic E-state index is 6.57. The molecular formula is C10H14ClPSe. The van der Waals surface area contributed by atoms with Crippen molar-refractivity contribution in [1.29, 1.82) is 0 Å². The first-order valence-corrected chi connectivity index (χ1v) is 9.42. The topological polar surface area (TPSA) is 0 Å². The summed E-state index contributed by atoms with van der Waals surface area (Å²) in [6.45, 7) is 4.40. The third-order valence-electron chi connectivity index (χ3n) is 2.27. The van der Waals surface area contributed by atoms with E-state index >= 15 is 0 Å². The fraction of sp³-hybridized carbons (Fsp3) is 0.400. The first-order valence-electron chi connectivity index (χ1n) is 4.44. The molecule has 0 radical (unpaired) electrons. The molecule has 0 aliphatic carbocycles. The fourth-order valence-corrected chi connectivity index (χ4v) is 5.13. The average molecular weight is 280 g/mol. The standard InChI is InChI=1S/C10H14ClPSe/c1-3-9(2)12(11,13)10-7-5-4-6-8-10/h4-9H,3H2,1-2H3. The Morgan fingerprint density at radius 3 is 2.38 bits per heavy atom. The molecule has 1 aromatic rings. The van der Waals surface area contributed by atoms with Gasteiger partial charge in [0.1, 0.15) is 0 Å². The molecule has 0 heterocycles. The predicted molar refractivity (Wildman–Crippen MR) is 64.4 cm³/mol. The quantitative estimate of drug-likeness (QED) is 0.588. The summed E-state index contributed by atoms with van der Waals surface area (Å²) in [5.74, 6) is 0. The third kappa shape index (κ3) is 2.70. The molecule has 0 amide bonds. The van der Waals surface area contributed by atoms with Crippen molar-refractivity contribution in [1.82, 2.24) is 0 Å². The van der Waals surface area contributed by atoms with Gasteiger partial charge >= 0.3 is 92.8 Å². The van der Waals surface area contributed by atoms with Gasteiger partial charge in [-0.15, -0.1) is 0 Å². The van der Waals surface area contributed by atoms with Gasteiger partial charge in [-0.05, 0) is 0 Å². The molecule has 0 spiro atoms. The molecule has 0 N–H and O–H groups in total. The Morgan fingerprint density at radius 2 is 1.92 bits per heavy atom. The summed E-state index contributed by atoms with van der Waals surface area (Å²) in [6.07, 6.45) is 1.12. The average Bonchev–Trinajstić information content (AvgIpc) is 2.18. The van der Waals surface area contributed by atoms with Crippen molar-refractivity contribution in [3.63, 3.8) is 0 Å². The Hall–Kier alpha value is 0.459. The normalized spacial score (nSPS) is 17.8. The fourth-order valence-electron chi connectivity index (χ4n) is 1.12. The minimum absolute atomic E-state index is 0.552. The van der Waals surface area contributed by atoms with E-state index in [-0.39, 0.29) is 0 Å². The van der Waals surface area contributed by atoms with Crippen molar-refractivity contribution < 1.29 is 0 Å². The molecule has 0 bridgehead atoms. The van der Waals surface area contributed by atoms with Crippen LogP contribution in [0.4, 0.5) is 0 Å². The van der Waals surface area contributed by atoms with E-state index in [1.54, 1.807) is 0 Å². The molecule has 2 atom stereocenters. The zero-order valence-corrected chi connectivity index (χ0v) is 11.3. The van der Waals surface area contributed by atoms with Gasteiger partial charge in [-0.1, -0.05) is 0 Å². The van der Waals surface area contributed by atoms with E-state index in [1.807, 2.05) is 18.2 Å². The molecule has 0 nitrogen and oxygen atoms in total. The molecule has 0 aromatic heterocycles. The summed E-state index contributed by atoms with van der Waals surface area (Å²) < 4.78 is 0. The molecular weight excluding hydrogens is 265 g/mol. The SMILES string of the molecule is CCC(C)P(Cl)(=[Se])c1ccccc1. The molecule has 72 valence electrons. The van der Waals surface area contributed by atoms with Gasteiger partial charge in [-0.3, -0.25) is 0 Å². The van der Waals surface area contributed by atoms with E-state index in [4.69, 9.17) is 11.2 Å². The van der Waals surface area contributed by atoms with E-state index in [2.05, 4.69) is 41.1 Å². The van der Waals surface area contributed by atoms with Crippen LogP contribution in [0.25, 0.3) is 0 Å². The second-order valence-electron chi connectivity index (χ2n) is 3.17. The Labute approximate surface area is 92.7 Å². The van der Waals surface area contributed by atoms with Crippen LogP contribution in [0.5, 0.6) is 0 Å².